The van der Waals surface area contributed by atoms with E-state index in [4.69, 9.17) is 11.6 Å². The molecule has 30 heavy (non-hydrogen) atoms. The summed E-state index contributed by atoms with van der Waals surface area (Å²) in [6.07, 6.45) is 5.25. The molecule has 1 aliphatic heterocycles. The molecule has 2 heterocycles. The third-order valence-electron chi connectivity index (χ3n) is 5.04. The number of nitrogens with zero attached hydrogens (tertiary/aromatic N) is 3. The predicted octanol–water partition coefficient (Wildman–Crippen LogP) is 3.24. The summed E-state index contributed by atoms with van der Waals surface area (Å²) in [5.74, 6) is -0.422. The molecule has 0 saturated carbocycles. The summed E-state index contributed by atoms with van der Waals surface area (Å²) < 4.78 is 28.7. The maximum atomic E-state index is 12.8. The number of nitrogens with one attached hydrogen (secondary N) is 1. The van der Waals surface area contributed by atoms with Gasteiger partial charge in [-0.1, -0.05) is 23.7 Å². The largest absolute Gasteiger partial charge is 0.348 e. The number of carbonyl (C=O) groups excluding carboxylic acids is 1. The predicted molar refractivity (Wildman–Crippen MR) is 114 cm³/mol. The van der Waals surface area contributed by atoms with Crippen LogP contribution in [0.15, 0.2) is 65.8 Å². The number of rotatable bonds is 6. The summed E-state index contributed by atoms with van der Waals surface area (Å²) in [5, 5.41) is 7.19. The van der Waals surface area contributed by atoms with Crippen LogP contribution in [0.2, 0.25) is 5.02 Å². The first-order chi connectivity index (χ1) is 14.4. The number of carbonyl (C=O) groups is 1. The molecule has 7 nitrogen and oxygen atoms in total. The van der Waals surface area contributed by atoms with Gasteiger partial charge < -0.3 is 5.32 Å². The first-order valence-corrected chi connectivity index (χ1v) is 11.4. The number of hydrogen-bond donors (Lipinski definition) is 1. The smallest absolute Gasteiger partial charge is 0.253 e. The van der Waals surface area contributed by atoms with Crippen LogP contribution in [0.4, 0.5) is 0 Å². The van der Waals surface area contributed by atoms with E-state index in [2.05, 4.69) is 10.4 Å². The molecule has 9 heteroatoms. The second kappa shape index (κ2) is 8.59. The number of benzene rings is 2. The van der Waals surface area contributed by atoms with Gasteiger partial charge in [0, 0.05) is 32.0 Å². The summed E-state index contributed by atoms with van der Waals surface area (Å²) in [7, 11) is -3.62. The van der Waals surface area contributed by atoms with E-state index in [9.17, 15) is 13.2 Å². The number of halogens is 1. The van der Waals surface area contributed by atoms with Crippen LogP contribution >= 0.6 is 11.6 Å². The third kappa shape index (κ3) is 4.26. The molecular formula is C21H21ClN4O3S. The molecule has 2 aromatic carbocycles. The summed E-state index contributed by atoms with van der Waals surface area (Å²) >= 11 is 6.18. The van der Waals surface area contributed by atoms with Crippen molar-refractivity contribution in [2.45, 2.75) is 24.3 Å². The minimum atomic E-state index is -3.62. The summed E-state index contributed by atoms with van der Waals surface area (Å²) in [6.45, 7) is 1.29. The Balaban J connectivity index is 1.47. The number of sulfonamides is 1. The Labute approximate surface area is 180 Å². The highest BCUT2D eigenvalue weighted by molar-refractivity contribution is 7.89. The molecule has 1 amide bonds. The molecule has 1 aromatic heterocycles. The van der Waals surface area contributed by atoms with Gasteiger partial charge in [0.1, 0.15) is 0 Å². The van der Waals surface area contributed by atoms with Gasteiger partial charge in [-0.15, -0.1) is 0 Å². The van der Waals surface area contributed by atoms with Crippen LogP contribution in [0.1, 0.15) is 28.8 Å². The molecule has 1 fully saturated rings. The lowest BCUT2D eigenvalue weighted by Gasteiger charge is -2.16. The number of amides is 1. The lowest BCUT2D eigenvalue weighted by Crippen LogP contribution is -2.28. The van der Waals surface area contributed by atoms with E-state index in [1.165, 1.54) is 22.5 Å². The molecule has 4 rings (SSSR count). The van der Waals surface area contributed by atoms with Crippen molar-refractivity contribution in [2.75, 3.05) is 13.1 Å². The van der Waals surface area contributed by atoms with Crippen molar-refractivity contribution in [1.82, 2.24) is 19.4 Å². The molecular weight excluding hydrogens is 424 g/mol. The Bertz CT molecular complexity index is 1140. The van der Waals surface area contributed by atoms with Crippen molar-refractivity contribution >= 4 is 27.5 Å². The highest BCUT2D eigenvalue weighted by atomic mass is 35.5. The molecule has 0 spiro atoms. The molecule has 0 atom stereocenters. The monoisotopic (exact) mass is 444 g/mol. The molecule has 0 aliphatic carbocycles. The van der Waals surface area contributed by atoms with E-state index in [1.54, 1.807) is 10.9 Å². The van der Waals surface area contributed by atoms with Gasteiger partial charge in [-0.25, -0.2) is 13.1 Å². The van der Waals surface area contributed by atoms with E-state index in [0.29, 0.717) is 13.1 Å². The molecule has 3 aromatic rings. The van der Waals surface area contributed by atoms with Gasteiger partial charge in [0.25, 0.3) is 5.91 Å². The molecule has 1 aliphatic rings. The fourth-order valence-corrected chi connectivity index (χ4v) is 5.13. The average molecular weight is 445 g/mol. The van der Waals surface area contributed by atoms with Crippen molar-refractivity contribution < 1.29 is 13.2 Å². The minimum absolute atomic E-state index is 0.0857. The van der Waals surface area contributed by atoms with Crippen molar-refractivity contribution in [3.8, 4) is 5.69 Å². The van der Waals surface area contributed by atoms with Crippen LogP contribution in [0.3, 0.4) is 0 Å². The second-order valence-electron chi connectivity index (χ2n) is 7.05. The van der Waals surface area contributed by atoms with Gasteiger partial charge in [0.15, 0.2) is 0 Å². The van der Waals surface area contributed by atoms with Gasteiger partial charge in [0.2, 0.25) is 10.0 Å². The molecule has 1 saturated heterocycles. The summed E-state index contributed by atoms with van der Waals surface area (Å²) in [5.41, 5.74) is 1.96. The Morgan fingerprint density at radius 3 is 2.50 bits per heavy atom. The average Bonchev–Trinajstić information content (AvgIpc) is 3.47. The van der Waals surface area contributed by atoms with E-state index in [1.807, 2.05) is 36.5 Å². The number of hydrogen-bond acceptors (Lipinski definition) is 4. The van der Waals surface area contributed by atoms with Crippen LogP contribution < -0.4 is 5.32 Å². The fourth-order valence-electron chi connectivity index (χ4n) is 3.38. The molecule has 0 unspecified atom stereocenters. The van der Waals surface area contributed by atoms with Crippen LogP contribution in [0.5, 0.6) is 0 Å². The van der Waals surface area contributed by atoms with Gasteiger partial charge in [-0.05, 0) is 54.8 Å². The zero-order valence-corrected chi connectivity index (χ0v) is 17.7. The van der Waals surface area contributed by atoms with Crippen LogP contribution in [0, 0.1) is 0 Å². The van der Waals surface area contributed by atoms with E-state index in [0.717, 1.165) is 24.1 Å². The Hall–Kier alpha value is -2.68. The summed E-state index contributed by atoms with van der Waals surface area (Å²) in [4.78, 5) is 12.8. The SMILES string of the molecule is O=C(NCc1ccc(-n2cccn2)cc1)c1cc(S(=O)(=O)N2CCCC2)ccc1Cl. The van der Waals surface area contributed by atoms with Crippen molar-refractivity contribution in [3.63, 3.8) is 0 Å². The first kappa shape index (κ1) is 20.6. The second-order valence-corrected chi connectivity index (χ2v) is 9.40. The zero-order chi connectivity index (χ0) is 21.1. The fraction of sp³-hybridized carbons (Fsp3) is 0.238. The minimum Gasteiger partial charge on any atom is -0.348 e. The van der Waals surface area contributed by atoms with Crippen LogP contribution in [0.25, 0.3) is 5.69 Å². The lowest BCUT2D eigenvalue weighted by atomic mass is 10.2. The maximum absolute atomic E-state index is 12.8. The molecule has 0 radical (unpaired) electrons. The highest BCUT2D eigenvalue weighted by Gasteiger charge is 2.28. The normalized spacial score (nSPS) is 14.7. The van der Waals surface area contributed by atoms with Crippen molar-refractivity contribution in [2.24, 2.45) is 0 Å². The maximum Gasteiger partial charge on any atom is 0.253 e. The Morgan fingerprint density at radius 1 is 1.10 bits per heavy atom. The Kier molecular flexibility index (Phi) is 5.90. The van der Waals surface area contributed by atoms with Gasteiger partial charge in [-0.3, -0.25) is 4.79 Å². The first-order valence-electron chi connectivity index (χ1n) is 9.62. The van der Waals surface area contributed by atoms with Crippen molar-refractivity contribution in [3.05, 3.63) is 77.1 Å². The number of aromatic nitrogens is 2. The van der Waals surface area contributed by atoms with E-state index in [-0.39, 0.29) is 22.0 Å². The van der Waals surface area contributed by atoms with Crippen molar-refractivity contribution in [1.29, 1.82) is 0 Å². The van der Waals surface area contributed by atoms with E-state index >= 15 is 0 Å². The quantitative estimate of drug-likeness (QED) is 0.632. The zero-order valence-electron chi connectivity index (χ0n) is 16.2. The van der Waals surface area contributed by atoms with Gasteiger partial charge in [-0.2, -0.15) is 9.40 Å². The van der Waals surface area contributed by atoms with Gasteiger partial charge in [0.05, 0.1) is 21.2 Å². The molecule has 1 N–H and O–H groups in total. The van der Waals surface area contributed by atoms with Gasteiger partial charge >= 0.3 is 0 Å². The Morgan fingerprint density at radius 2 is 1.83 bits per heavy atom. The third-order valence-corrected chi connectivity index (χ3v) is 7.27. The van der Waals surface area contributed by atoms with Crippen LogP contribution in [-0.4, -0.2) is 41.5 Å². The van der Waals surface area contributed by atoms with Crippen LogP contribution in [-0.2, 0) is 16.6 Å². The topological polar surface area (TPSA) is 84.3 Å². The highest BCUT2D eigenvalue weighted by Crippen LogP contribution is 2.25. The lowest BCUT2D eigenvalue weighted by molar-refractivity contribution is 0.0951. The molecule has 0 bridgehead atoms. The summed E-state index contributed by atoms with van der Waals surface area (Å²) in [6, 6.07) is 13.7. The molecule has 156 valence electrons. The van der Waals surface area contributed by atoms with E-state index < -0.39 is 15.9 Å². The standard InChI is InChI=1S/C21H21ClN4O3S/c22-20-9-8-18(30(28,29)25-11-1-2-12-25)14-19(20)21(27)23-15-16-4-6-17(7-5-16)26-13-3-10-24-26/h3-10,13-14H,1-2,11-12,15H2,(H,23,27).